The monoisotopic (exact) mass is 314 g/mol. The van der Waals surface area contributed by atoms with E-state index in [0.29, 0.717) is 18.0 Å². The van der Waals surface area contributed by atoms with E-state index < -0.39 is 0 Å². The molecule has 0 atom stereocenters. The maximum Gasteiger partial charge on any atom is 0.251 e. The lowest BCUT2D eigenvalue weighted by atomic mass is 10.1. The van der Waals surface area contributed by atoms with Gasteiger partial charge in [0.1, 0.15) is 0 Å². The zero-order chi connectivity index (χ0) is 15.4. The highest BCUT2D eigenvalue weighted by Gasteiger charge is 2.23. The van der Waals surface area contributed by atoms with Gasteiger partial charge in [0.2, 0.25) is 5.91 Å². The van der Waals surface area contributed by atoms with Gasteiger partial charge in [-0.05, 0) is 65.9 Å². The Labute approximate surface area is 133 Å². The summed E-state index contributed by atoms with van der Waals surface area (Å²) in [6, 6.07) is 9.40. The lowest BCUT2D eigenvalue weighted by molar-refractivity contribution is -0.116. The van der Waals surface area contributed by atoms with Gasteiger partial charge in [-0.15, -0.1) is 0 Å². The highest BCUT2D eigenvalue weighted by Crippen LogP contribution is 2.19. The Morgan fingerprint density at radius 3 is 2.55 bits per heavy atom. The zero-order valence-electron chi connectivity index (χ0n) is 12.2. The molecule has 1 heterocycles. The highest BCUT2D eigenvalue weighted by molar-refractivity contribution is 7.07. The molecule has 1 saturated carbocycles. The maximum atomic E-state index is 11.9. The van der Waals surface area contributed by atoms with Gasteiger partial charge < -0.3 is 10.6 Å². The van der Waals surface area contributed by atoms with E-state index in [9.17, 15) is 9.59 Å². The van der Waals surface area contributed by atoms with Gasteiger partial charge in [-0.1, -0.05) is 0 Å². The van der Waals surface area contributed by atoms with Crippen LogP contribution in [0.5, 0.6) is 0 Å². The van der Waals surface area contributed by atoms with Gasteiger partial charge in [0.05, 0.1) is 0 Å². The van der Waals surface area contributed by atoms with Crippen molar-refractivity contribution in [3.8, 4) is 0 Å². The molecule has 0 saturated heterocycles. The van der Waals surface area contributed by atoms with Crippen LogP contribution in [0, 0.1) is 0 Å². The predicted octanol–water partition coefficient (Wildman–Crippen LogP) is 3.21. The molecule has 0 aliphatic heterocycles. The molecule has 1 aliphatic rings. The number of amides is 2. The van der Waals surface area contributed by atoms with Gasteiger partial charge in [-0.25, -0.2) is 0 Å². The van der Waals surface area contributed by atoms with Gasteiger partial charge in [-0.3, -0.25) is 9.59 Å². The maximum absolute atomic E-state index is 11.9. The van der Waals surface area contributed by atoms with E-state index in [2.05, 4.69) is 16.0 Å². The third-order valence-electron chi connectivity index (χ3n) is 3.56. The van der Waals surface area contributed by atoms with E-state index in [-0.39, 0.29) is 11.8 Å². The Hall–Kier alpha value is -2.14. The Kier molecular flexibility index (Phi) is 4.53. The Balaban J connectivity index is 1.49. The number of aryl methyl sites for hydroxylation is 1. The van der Waals surface area contributed by atoms with Crippen LogP contribution < -0.4 is 10.6 Å². The lowest BCUT2D eigenvalue weighted by Crippen LogP contribution is -2.25. The van der Waals surface area contributed by atoms with Crippen LogP contribution in [-0.2, 0) is 11.2 Å². The number of benzene rings is 1. The number of anilines is 1. The molecule has 2 N–H and O–H groups in total. The minimum atomic E-state index is -0.0437. The SMILES string of the molecule is O=C(CCc1ccsc1)Nc1ccc(C(=O)NC2CC2)cc1. The molecule has 1 aromatic heterocycles. The fraction of sp³-hybridized carbons (Fsp3) is 0.294. The van der Waals surface area contributed by atoms with E-state index in [1.165, 1.54) is 5.56 Å². The first-order valence-corrected chi connectivity index (χ1v) is 8.37. The molecule has 1 fully saturated rings. The predicted molar refractivity (Wildman–Crippen MR) is 88.2 cm³/mol. The quantitative estimate of drug-likeness (QED) is 0.860. The fourth-order valence-corrected chi connectivity index (χ4v) is 2.82. The largest absolute Gasteiger partial charge is 0.349 e. The topological polar surface area (TPSA) is 58.2 Å². The number of thiophene rings is 1. The second-order valence-electron chi connectivity index (χ2n) is 5.50. The molecule has 5 heteroatoms. The van der Waals surface area contributed by atoms with Crippen LogP contribution in [0.4, 0.5) is 5.69 Å². The average Bonchev–Trinajstić information content (AvgIpc) is 3.17. The molecule has 0 bridgehead atoms. The zero-order valence-corrected chi connectivity index (χ0v) is 13.0. The summed E-state index contributed by atoms with van der Waals surface area (Å²) in [6.07, 6.45) is 3.35. The van der Waals surface area contributed by atoms with Crippen molar-refractivity contribution in [3.63, 3.8) is 0 Å². The molecule has 22 heavy (non-hydrogen) atoms. The molecular weight excluding hydrogens is 296 g/mol. The van der Waals surface area contributed by atoms with Crippen LogP contribution >= 0.6 is 11.3 Å². The Bertz CT molecular complexity index is 646. The molecule has 1 aliphatic carbocycles. The van der Waals surface area contributed by atoms with Crippen molar-refractivity contribution in [2.75, 3.05) is 5.32 Å². The van der Waals surface area contributed by atoms with Crippen molar-refractivity contribution in [2.45, 2.75) is 31.7 Å². The van der Waals surface area contributed by atoms with E-state index in [4.69, 9.17) is 0 Å². The van der Waals surface area contributed by atoms with Crippen LogP contribution in [0.25, 0.3) is 0 Å². The number of carbonyl (C=O) groups is 2. The van der Waals surface area contributed by atoms with Gasteiger partial charge in [0.25, 0.3) is 5.91 Å². The van der Waals surface area contributed by atoms with Gasteiger partial charge in [0.15, 0.2) is 0 Å². The first-order chi connectivity index (χ1) is 10.7. The molecule has 0 radical (unpaired) electrons. The molecule has 4 nitrogen and oxygen atoms in total. The second-order valence-corrected chi connectivity index (χ2v) is 6.28. The number of hydrogen-bond acceptors (Lipinski definition) is 3. The first-order valence-electron chi connectivity index (χ1n) is 7.42. The third kappa shape index (κ3) is 4.18. The van der Waals surface area contributed by atoms with Crippen molar-refractivity contribution < 1.29 is 9.59 Å². The summed E-state index contributed by atoms with van der Waals surface area (Å²) < 4.78 is 0. The minimum Gasteiger partial charge on any atom is -0.349 e. The number of nitrogens with one attached hydrogen (secondary N) is 2. The summed E-state index contributed by atoms with van der Waals surface area (Å²) in [4.78, 5) is 23.8. The molecule has 2 amide bonds. The smallest absolute Gasteiger partial charge is 0.251 e. The summed E-state index contributed by atoms with van der Waals surface area (Å²) in [5, 5.41) is 9.87. The third-order valence-corrected chi connectivity index (χ3v) is 4.30. The lowest BCUT2D eigenvalue weighted by Gasteiger charge is -2.07. The minimum absolute atomic E-state index is 0.0126. The number of hydrogen-bond donors (Lipinski definition) is 2. The standard InChI is InChI=1S/C17H18N2O2S/c20-16(8-1-12-9-10-22-11-12)18-14-4-2-13(3-5-14)17(21)19-15-6-7-15/h2-5,9-11,15H,1,6-8H2,(H,18,20)(H,19,21). The van der Waals surface area contributed by atoms with Gasteiger partial charge in [-0.2, -0.15) is 11.3 Å². The van der Waals surface area contributed by atoms with Crippen molar-refractivity contribution in [3.05, 3.63) is 52.2 Å². The fourth-order valence-electron chi connectivity index (χ4n) is 2.12. The Morgan fingerprint density at radius 2 is 1.91 bits per heavy atom. The molecule has 2 aromatic rings. The van der Waals surface area contributed by atoms with E-state index >= 15 is 0 Å². The highest BCUT2D eigenvalue weighted by atomic mass is 32.1. The molecule has 114 valence electrons. The summed E-state index contributed by atoms with van der Waals surface area (Å²) in [5.41, 5.74) is 2.54. The van der Waals surface area contributed by atoms with Crippen LogP contribution in [0.1, 0.15) is 35.2 Å². The number of rotatable bonds is 6. The average molecular weight is 314 g/mol. The van der Waals surface area contributed by atoms with Crippen LogP contribution in [0.2, 0.25) is 0 Å². The second kappa shape index (κ2) is 6.75. The van der Waals surface area contributed by atoms with Crippen molar-refractivity contribution >= 4 is 28.8 Å². The number of carbonyl (C=O) groups excluding carboxylic acids is 2. The van der Waals surface area contributed by atoms with Crippen LogP contribution in [-0.4, -0.2) is 17.9 Å². The van der Waals surface area contributed by atoms with Crippen LogP contribution in [0.3, 0.4) is 0 Å². The van der Waals surface area contributed by atoms with Crippen molar-refractivity contribution in [1.82, 2.24) is 5.32 Å². The molecular formula is C17H18N2O2S. The van der Waals surface area contributed by atoms with E-state index in [1.807, 2.05) is 11.4 Å². The molecule has 1 aromatic carbocycles. The molecule has 0 unspecified atom stereocenters. The summed E-state index contributed by atoms with van der Waals surface area (Å²) in [5.74, 6) is -0.0563. The van der Waals surface area contributed by atoms with E-state index in [1.54, 1.807) is 35.6 Å². The normalized spacial score (nSPS) is 13.6. The van der Waals surface area contributed by atoms with Gasteiger partial charge >= 0.3 is 0 Å². The Morgan fingerprint density at radius 1 is 1.14 bits per heavy atom. The van der Waals surface area contributed by atoms with E-state index in [0.717, 1.165) is 24.9 Å². The van der Waals surface area contributed by atoms with Crippen molar-refractivity contribution in [1.29, 1.82) is 0 Å². The van der Waals surface area contributed by atoms with Gasteiger partial charge in [0, 0.05) is 23.7 Å². The summed E-state index contributed by atoms with van der Waals surface area (Å²) in [6.45, 7) is 0. The summed E-state index contributed by atoms with van der Waals surface area (Å²) >= 11 is 1.64. The molecule has 3 rings (SSSR count). The van der Waals surface area contributed by atoms with Crippen LogP contribution in [0.15, 0.2) is 41.1 Å². The van der Waals surface area contributed by atoms with Crippen molar-refractivity contribution in [2.24, 2.45) is 0 Å². The first kappa shape index (κ1) is 14.8. The summed E-state index contributed by atoms with van der Waals surface area (Å²) in [7, 11) is 0. The molecule has 0 spiro atoms.